The summed E-state index contributed by atoms with van der Waals surface area (Å²) in [5.74, 6) is 1.58. The SMILES string of the molecule is CCOc1ccc(-n2cc(-c3ccccc3)c3c(SCc4ccccc4Cl)ncnc32)cc1. The molecule has 3 aromatic carbocycles. The van der Waals surface area contributed by atoms with E-state index in [1.54, 1.807) is 18.1 Å². The second-order valence-corrected chi connectivity index (χ2v) is 8.83. The number of benzene rings is 3. The topological polar surface area (TPSA) is 39.9 Å². The molecular weight excluding hydrogens is 450 g/mol. The van der Waals surface area contributed by atoms with Gasteiger partial charge in [0.05, 0.1) is 12.0 Å². The Morgan fingerprint density at radius 2 is 1.67 bits per heavy atom. The molecule has 0 aliphatic heterocycles. The lowest BCUT2D eigenvalue weighted by Crippen LogP contribution is -1.96. The Labute approximate surface area is 202 Å². The molecule has 2 heterocycles. The largest absolute Gasteiger partial charge is 0.494 e. The van der Waals surface area contributed by atoms with Gasteiger partial charge in [0.25, 0.3) is 0 Å². The zero-order chi connectivity index (χ0) is 22.6. The Balaban J connectivity index is 1.62. The Morgan fingerprint density at radius 1 is 0.909 bits per heavy atom. The van der Waals surface area contributed by atoms with Crippen LogP contribution in [0.1, 0.15) is 12.5 Å². The molecule has 5 rings (SSSR count). The van der Waals surface area contributed by atoms with Gasteiger partial charge in [-0.25, -0.2) is 9.97 Å². The van der Waals surface area contributed by atoms with Crippen LogP contribution >= 0.6 is 23.4 Å². The van der Waals surface area contributed by atoms with E-state index in [1.807, 2.05) is 43.3 Å². The number of halogens is 1. The van der Waals surface area contributed by atoms with E-state index < -0.39 is 0 Å². The van der Waals surface area contributed by atoms with E-state index in [0.717, 1.165) is 55.0 Å². The van der Waals surface area contributed by atoms with Crippen molar-refractivity contribution in [1.82, 2.24) is 14.5 Å². The maximum absolute atomic E-state index is 6.39. The summed E-state index contributed by atoms with van der Waals surface area (Å²) in [4.78, 5) is 9.34. The molecule has 33 heavy (non-hydrogen) atoms. The van der Waals surface area contributed by atoms with Gasteiger partial charge in [-0.1, -0.05) is 60.1 Å². The van der Waals surface area contributed by atoms with Crippen LogP contribution in [0.4, 0.5) is 0 Å². The van der Waals surface area contributed by atoms with Gasteiger partial charge in [-0.05, 0) is 48.4 Å². The third-order valence-corrected chi connectivity index (χ3v) is 6.79. The fourth-order valence-electron chi connectivity index (χ4n) is 3.81. The first-order chi connectivity index (χ1) is 16.2. The minimum atomic E-state index is 0.642. The second kappa shape index (κ2) is 9.69. The van der Waals surface area contributed by atoms with Crippen LogP contribution in [-0.2, 0) is 5.75 Å². The second-order valence-electron chi connectivity index (χ2n) is 7.46. The lowest BCUT2D eigenvalue weighted by Gasteiger charge is -2.08. The molecule has 4 nitrogen and oxygen atoms in total. The molecule has 0 radical (unpaired) electrons. The maximum atomic E-state index is 6.39. The normalized spacial score (nSPS) is 11.1. The summed E-state index contributed by atoms with van der Waals surface area (Å²) in [6.07, 6.45) is 3.78. The van der Waals surface area contributed by atoms with Crippen LogP contribution in [0.2, 0.25) is 5.02 Å². The number of rotatable bonds is 7. The van der Waals surface area contributed by atoms with E-state index in [0.29, 0.717) is 6.61 Å². The molecule has 6 heteroatoms. The summed E-state index contributed by atoms with van der Waals surface area (Å²) in [6.45, 7) is 2.63. The van der Waals surface area contributed by atoms with Gasteiger partial charge in [0.15, 0.2) is 0 Å². The van der Waals surface area contributed by atoms with Crippen molar-refractivity contribution in [1.29, 1.82) is 0 Å². The monoisotopic (exact) mass is 471 g/mol. The number of hydrogen-bond donors (Lipinski definition) is 0. The average Bonchev–Trinajstić information content (AvgIpc) is 3.25. The number of aromatic nitrogens is 3. The Hall–Kier alpha value is -3.28. The van der Waals surface area contributed by atoms with Crippen molar-refractivity contribution >= 4 is 34.4 Å². The number of nitrogens with zero attached hydrogens (tertiary/aromatic N) is 3. The highest BCUT2D eigenvalue weighted by Gasteiger charge is 2.18. The molecular formula is C27H22ClN3OS. The van der Waals surface area contributed by atoms with Crippen LogP contribution in [0.5, 0.6) is 5.75 Å². The lowest BCUT2D eigenvalue weighted by molar-refractivity contribution is 0.340. The average molecular weight is 472 g/mol. The van der Waals surface area contributed by atoms with Crippen molar-refractivity contribution in [3.05, 3.63) is 102 Å². The minimum absolute atomic E-state index is 0.642. The zero-order valence-electron chi connectivity index (χ0n) is 18.1. The fourth-order valence-corrected chi connectivity index (χ4v) is 5.10. The minimum Gasteiger partial charge on any atom is -0.494 e. The highest BCUT2D eigenvalue weighted by atomic mass is 35.5. The first-order valence-corrected chi connectivity index (χ1v) is 12.1. The third kappa shape index (κ3) is 4.47. The molecule has 0 aliphatic rings. The first-order valence-electron chi connectivity index (χ1n) is 10.8. The summed E-state index contributed by atoms with van der Waals surface area (Å²) < 4.78 is 7.73. The van der Waals surface area contributed by atoms with Gasteiger partial charge in [-0.2, -0.15) is 0 Å². The molecule has 0 bridgehead atoms. The molecule has 5 aromatic rings. The summed E-state index contributed by atoms with van der Waals surface area (Å²) in [5.41, 5.74) is 5.20. The van der Waals surface area contributed by atoms with Crippen LogP contribution in [0, 0.1) is 0 Å². The molecule has 164 valence electrons. The molecule has 0 spiro atoms. The van der Waals surface area contributed by atoms with Crippen molar-refractivity contribution in [3.63, 3.8) is 0 Å². The van der Waals surface area contributed by atoms with Crippen molar-refractivity contribution in [2.45, 2.75) is 17.7 Å². The van der Waals surface area contributed by atoms with E-state index >= 15 is 0 Å². The van der Waals surface area contributed by atoms with Crippen molar-refractivity contribution in [3.8, 4) is 22.6 Å². The molecule has 0 fully saturated rings. The maximum Gasteiger partial charge on any atom is 0.149 e. The van der Waals surface area contributed by atoms with Crippen molar-refractivity contribution in [2.75, 3.05) is 6.61 Å². The smallest absolute Gasteiger partial charge is 0.149 e. The number of hydrogen-bond acceptors (Lipinski definition) is 4. The highest BCUT2D eigenvalue weighted by molar-refractivity contribution is 7.98. The summed E-state index contributed by atoms with van der Waals surface area (Å²) >= 11 is 8.07. The quantitative estimate of drug-likeness (QED) is 0.183. The van der Waals surface area contributed by atoms with Gasteiger partial charge < -0.3 is 9.30 Å². The fraction of sp³-hybridized carbons (Fsp3) is 0.111. The number of ether oxygens (including phenoxy) is 1. The van der Waals surface area contributed by atoms with Gasteiger partial charge in [0.2, 0.25) is 0 Å². The van der Waals surface area contributed by atoms with Crippen molar-refractivity contribution in [2.24, 2.45) is 0 Å². The summed E-state index contributed by atoms with van der Waals surface area (Å²) in [7, 11) is 0. The molecule has 0 atom stereocenters. The molecule has 0 saturated heterocycles. The summed E-state index contributed by atoms with van der Waals surface area (Å²) in [5, 5.41) is 2.74. The van der Waals surface area contributed by atoms with E-state index in [1.165, 1.54) is 0 Å². The molecule has 0 N–H and O–H groups in total. The van der Waals surface area contributed by atoms with E-state index in [2.05, 4.69) is 63.2 Å². The predicted octanol–water partition coefficient (Wildman–Crippen LogP) is 7.43. The van der Waals surface area contributed by atoms with E-state index in [-0.39, 0.29) is 0 Å². The standard InChI is InChI=1S/C27H22ClN3OS/c1-2-32-22-14-12-21(13-15-22)31-16-23(19-8-4-3-5-9-19)25-26(31)29-18-30-27(25)33-17-20-10-6-7-11-24(20)28/h3-16,18H,2,17H2,1H3. The van der Waals surface area contributed by atoms with Gasteiger partial charge in [-0.3, -0.25) is 0 Å². The Bertz CT molecular complexity index is 1380. The van der Waals surface area contributed by atoms with Gasteiger partial charge in [0.1, 0.15) is 22.7 Å². The predicted molar refractivity (Wildman–Crippen MR) is 136 cm³/mol. The van der Waals surface area contributed by atoms with E-state index in [9.17, 15) is 0 Å². The molecule has 0 amide bonds. The van der Waals surface area contributed by atoms with Crippen molar-refractivity contribution < 1.29 is 4.74 Å². The molecule has 2 aromatic heterocycles. The van der Waals surface area contributed by atoms with Crippen LogP contribution in [0.15, 0.2) is 96.4 Å². The molecule has 0 aliphatic carbocycles. The van der Waals surface area contributed by atoms with Crippen LogP contribution in [0.3, 0.4) is 0 Å². The number of fused-ring (bicyclic) bond motifs is 1. The Morgan fingerprint density at radius 3 is 2.42 bits per heavy atom. The molecule has 0 unspecified atom stereocenters. The van der Waals surface area contributed by atoms with E-state index in [4.69, 9.17) is 16.3 Å². The van der Waals surface area contributed by atoms with Gasteiger partial charge in [-0.15, -0.1) is 11.8 Å². The van der Waals surface area contributed by atoms with Gasteiger partial charge in [0, 0.05) is 28.2 Å². The summed E-state index contributed by atoms with van der Waals surface area (Å²) in [6, 6.07) is 26.4. The third-order valence-electron chi connectivity index (χ3n) is 5.38. The van der Waals surface area contributed by atoms with Gasteiger partial charge >= 0.3 is 0 Å². The van der Waals surface area contributed by atoms with Crippen LogP contribution < -0.4 is 4.74 Å². The lowest BCUT2D eigenvalue weighted by atomic mass is 10.1. The zero-order valence-corrected chi connectivity index (χ0v) is 19.7. The Kier molecular flexibility index (Phi) is 6.33. The first kappa shape index (κ1) is 21.6. The number of thioether (sulfide) groups is 1. The van der Waals surface area contributed by atoms with Crippen LogP contribution in [0.25, 0.3) is 27.8 Å². The highest BCUT2D eigenvalue weighted by Crippen LogP contribution is 2.38. The molecule has 0 saturated carbocycles. The van der Waals surface area contributed by atoms with Crippen LogP contribution in [-0.4, -0.2) is 21.1 Å².